The molecule has 13 heteroatoms. The second-order valence-corrected chi connectivity index (χ2v) is 9.23. The Balaban J connectivity index is 1.30. The van der Waals surface area contributed by atoms with Gasteiger partial charge in [0.05, 0.1) is 17.6 Å². The van der Waals surface area contributed by atoms with E-state index in [1.54, 1.807) is 6.07 Å². The van der Waals surface area contributed by atoms with Crippen molar-refractivity contribution in [2.45, 2.75) is 38.8 Å². The van der Waals surface area contributed by atoms with Crippen LogP contribution in [0, 0.1) is 11.8 Å². The highest BCUT2D eigenvalue weighted by molar-refractivity contribution is 5.92. The van der Waals surface area contributed by atoms with Gasteiger partial charge in [-0.25, -0.2) is 0 Å². The number of alkyl halides is 6. The van der Waals surface area contributed by atoms with Gasteiger partial charge in [-0.3, -0.25) is 9.78 Å². The van der Waals surface area contributed by atoms with E-state index in [1.165, 1.54) is 17.2 Å². The van der Waals surface area contributed by atoms with Crippen molar-refractivity contribution in [2.75, 3.05) is 24.5 Å². The van der Waals surface area contributed by atoms with Crippen LogP contribution in [0.3, 0.4) is 0 Å². The van der Waals surface area contributed by atoms with E-state index in [9.17, 15) is 31.1 Å². The maximum absolute atomic E-state index is 13.3. The van der Waals surface area contributed by atoms with Crippen LogP contribution in [0.5, 0.6) is 0 Å². The molecule has 0 spiro atoms. The molecule has 1 saturated heterocycles. The number of anilines is 1. The van der Waals surface area contributed by atoms with Crippen molar-refractivity contribution >= 4 is 22.5 Å². The fourth-order valence-corrected chi connectivity index (χ4v) is 5.11. The van der Waals surface area contributed by atoms with E-state index in [1.807, 2.05) is 11.8 Å². The maximum atomic E-state index is 13.3. The van der Waals surface area contributed by atoms with Crippen molar-refractivity contribution in [3.05, 3.63) is 47.7 Å². The first-order chi connectivity index (χ1) is 16.9. The molecule has 5 rings (SSSR count). The third kappa shape index (κ3) is 4.35. The van der Waals surface area contributed by atoms with Crippen molar-refractivity contribution in [1.29, 1.82) is 0 Å². The molecule has 1 amide bonds. The van der Waals surface area contributed by atoms with E-state index < -0.39 is 23.7 Å². The van der Waals surface area contributed by atoms with E-state index in [4.69, 9.17) is 0 Å². The van der Waals surface area contributed by atoms with Crippen LogP contribution in [-0.2, 0) is 30.2 Å². The van der Waals surface area contributed by atoms with Gasteiger partial charge >= 0.3 is 12.4 Å². The van der Waals surface area contributed by atoms with Crippen LogP contribution in [0.15, 0.2) is 30.5 Å². The summed E-state index contributed by atoms with van der Waals surface area (Å²) in [7, 11) is 0. The Morgan fingerprint density at radius 3 is 2.47 bits per heavy atom. The highest BCUT2D eigenvalue weighted by Gasteiger charge is 2.41. The molecule has 0 aliphatic carbocycles. The number of aromatic nitrogens is 4. The molecule has 2 atom stereocenters. The molecule has 0 bridgehead atoms. The Morgan fingerprint density at radius 1 is 1.00 bits per heavy atom. The van der Waals surface area contributed by atoms with Gasteiger partial charge in [0.25, 0.3) is 0 Å². The normalized spacial score (nSPS) is 21.1. The van der Waals surface area contributed by atoms with Crippen LogP contribution < -0.4 is 4.90 Å². The molecule has 1 fully saturated rings. The van der Waals surface area contributed by atoms with E-state index in [0.717, 1.165) is 22.4 Å². The van der Waals surface area contributed by atoms with Crippen molar-refractivity contribution in [1.82, 2.24) is 24.6 Å². The number of benzene rings is 1. The largest absolute Gasteiger partial charge is 0.451 e. The number of amides is 1. The van der Waals surface area contributed by atoms with Crippen LogP contribution in [0.1, 0.15) is 30.6 Å². The number of hydrogen-bond donors (Lipinski definition) is 0. The number of carbonyl (C=O) groups excluding carboxylic acids is 1. The van der Waals surface area contributed by atoms with E-state index in [0.29, 0.717) is 24.9 Å². The lowest BCUT2D eigenvalue weighted by Crippen LogP contribution is -2.49. The molecule has 0 unspecified atom stereocenters. The van der Waals surface area contributed by atoms with Crippen molar-refractivity contribution in [2.24, 2.45) is 11.8 Å². The number of piperidine rings is 1. The van der Waals surface area contributed by atoms with Gasteiger partial charge < -0.3 is 14.4 Å². The molecule has 7 nitrogen and oxygen atoms in total. The zero-order valence-corrected chi connectivity index (χ0v) is 19.1. The van der Waals surface area contributed by atoms with Crippen LogP contribution in [0.4, 0.5) is 32.0 Å². The first-order valence-electron chi connectivity index (χ1n) is 11.4. The fraction of sp³-hybridized carbons (Fsp3) is 0.478. The Labute approximate surface area is 201 Å². The summed E-state index contributed by atoms with van der Waals surface area (Å²) in [5.74, 6) is -1.51. The number of nitrogens with zero attached hydrogens (tertiary/aromatic N) is 6. The second kappa shape index (κ2) is 8.63. The van der Waals surface area contributed by atoms with Crippen molar-refractivity contribution < 1.29 is 31.1 Å². The summed E-state index contributed by atoms with van der Waals surface area (Å²) >= 11 is 0. The predicted octanol–water partition coefficient (Wildman–Crippen LogP) is 4.37. The number of fused-ring (bicyclic) bond motifs is 2. The Kier molecular flexibility index (Phi) is 5.83. The van der Waals surface area contributed by atoms with Gasteiger partial charge in [0.1, 0.15) is 0 Å². The van der Waals surface area contributed by atoms with Crippen LogP contribution in [0.25, 0.3) is 10.9 Å². The van der Waals surface area contributed by atoms with Crippen LogP contribution >= 0.6 is 0 Å². The second-order valence-electron chi connectivity index (χ2n) is 9.23. The predicted molar refractivity (Wildman–Crippen MR) is 117 cm³/mol. The number of pyridine rings is 1. The number of rotatable bonds is 2. The van der Waals surface area contributed by atoms with Gasteiger partial charge in [-0.15, -0.1) is 10.2 Å². The third-order valence-corrected chi connectivity index (χ3v) is 6.93. The van der Waals surface area contributed by atoms with Gasteiger partial charge in [-0.2, -0.15) is 26.3 Å². The molecule has 2 aromatic heterocycles. The standard InChI is InChI=1S/C23H22F6N6O/c1-13-11-33(18-4-6-30-17-10-14(22(24,25)26)2-3-16(17)18)7-5-15(13)20(36)34-8-9-35-19(12-34)31-32-21(35)23(27,28)29/h2-4,6,10,13,15H,5,7-9,11-12H2,1H3/t13-,15+/m1/s1. The quantitative estimate of drug-likeness (QED) is 0.478. The Hall–Kier alpha value is -3.38. The summed E-state index contributed by atoms with van der Waals surface area (Å²) in [5.41, 5.74) is 0.220. The molecule has 3 aromatic rings. The highest BCUT2D eigenvalue weighted by atomic mass is 19.4. The summed E-state index contributed by atoms with van der Waals surface area (Å²) in [4.78, 5) is 20.9. The van der Waals surface area contributed by atoms with E-state index in [2.05, 4.69) is 15.2 Å². The summed E-state index contributed by atoms with van der Waals surface area (Å²) < 4.78 is 79.6. The smallest absolute Gasteiger partial charge is 0.371 e. The lowest BCUT2D eigenvalue weighted by Gasteiger charge is -2.40. The highest BCUT2D eigenvalue weighted by Crippen LogP contribution is 2.36. The van der Waals surface area contributed by atoms with Gasteiger partial charge in [0, 0.05) is 49.4 Å². The molecule has 1 aromatic carbocycles. The summed E-state index contributed by atoms with van der Waals surface area (Å²) in [6, 6.07) is 5.23. The molecule has 2 aliphatic rings. The minimum Gasteiger partial charge on any atom is -0.371 e. The molecule has 0 N–H and O–H groups in total. The zero-order valence-electron chi connectivity index (χ0n) is 19.1. The average molecular weight is 512 g/mol. The summed E-state index contributed by atoms with van der Waals surface area (Å²) in [6.45, 7) is 3.00. The molecule has 4 heterocycles. The molecule has 2 aliphatic heterocycles. The van der Waals surface area contributed by atoms with Gasteiger partial charge in [0.2, 0.25) is 11.7 Å². The van der Waals surface area contributed by atoms with E-state index >= 15 is 0 Å². The summed E-state index contributed by atoms with van der Waals surface area (Å²) in [6.07, 6.45) is -7.10. The van der Waals surface area contributed by atoms with Crippen molar-refractivity contribution in [3.8, 4) is 0 Å². The third-order valence-electron chi connectivity index (χ3n) is 6.93. The average Bonchev–Trinajstić information content (AvgIpc) is 3.26. The van der Waals surface area contributed by atoms with Gasteiger partial charge in [-0.1, -0.05) is 13.0 Å². The Morgan fingerprint density at radius 2 is 1.78 bits per heavy atom. The topological polar surface area (TPSA) is 67.2 Å². The summed E-state index contributed by atoms with van der Waals surface area (Å²) in [5, 5.41) is 7.49. The minimum absolute atomic E-state index is 0.0287. The lowest BCUT2D eigenvalue weighted by molar-refractivity contribution is -0.148. The molecule has 0 saturated carbocycles. The van der Waals surface area contributed by atoms with Crippen LogP contribution in [-0.4, -0.2) is 50.2 Å². The SMILES string of the molecule is C[C@@H]1CN(c2ccnc3cc(C(F)(F)F)ccc23)CC[C@@H]1C(=O)N1CCn2c(nnc2C(F)(F)F)C1. The van der Waals surface area contributed by atoms with Crippen LogP contribution in [0.2, 0.25) is 0 Å². The first-order valence-corrected chi connectivity index (χ1v) is 11.4. The monoisotopic (exact) mass is 512 g/mol. The zero-order chi connectivity index (χ0) is 25.8. The molecular weight excluding hydrogens is 490 g/mol. The maximum Gasteiger partial charge on any atom is 0.451 e. The molecule has 36 heavy (non-hydrogen) atoms. The molecule has 0 radical (unpaired) electrons. The molecular formula is C23H22F6N6O. The number of hydrogen-bond acceptors (Lipinski definition) is 5. The van der Waals surface area contributed by atoms with Gasteiger partial charge in [0.15, 0.2) is 5.82 Å². The lowest BCUT2D eigenvalue weighted by atomic mass is 9.85. The molecule has 192 valence electrons. The number of halogens is 6. The number of carbonyl (C=O) groups is 1. The fourth-order valence-electron chi connectivity index (χ4n) is 5.11. The van der Waals surface area contributed by atoms with Crippen molar-refractivity contribution in [3.63, 3.8) is 0 Å². The Bertz CT molecular complexity index is 1300. The first kappa shape index (κ1) is 24.3. The minimum atomic E-state index is -4.61. The van der Waals surface area contributed by atoms with E-state index in [-0.39, 0.29) is 48.7 Å². The van der Waals surface area contributed by atoms with Gasteiger partial charge in [-0.05, 0) is 30.5 Å².